The van der Waals surface area contributed by atoms with Gasteiger partial charge < -0.3 is 0 Å². The van der Waals surface area contributed by atoms with E-state index < -0.39 is 0 Å². The van der Waals surface area contributed by atoms with E-state index in [4.69, 9.17) is 0 Å². The molecule has 1 aliphatic carbocycles. The lowest BCUT2D eigenvalue weighted by Gasteiger charge is -2.14. The van der Waals surface area contributed by atoms with E-state index in [1.165, 1.54) is 32.4 Å². The molecule has 0 N–H and O–H groups in total. The summed E-state index contributed by atoms with van der Waals surface area (Å²) in [6.07, 6.45) is 4.39. The molecule has 1 saturated carbocycles. The molecule has 1 aliphatic heterocycles. The molecule has 3 heteroatoms. The molecule has 2 fully saturated rings. The van der Waals surface area contributed by atoms with Crippen LogP contribution in [0.5, 0.6) is 0 Å². The van der Waals surface area contributed by atoms with Crippen molar-refractivity contribution in [2.75, 3.05) is 13.1 Å². The second kappa shape index (κ2) is 2.73. The van der Waals surface area contributed by atoms with Gasteiger partial charge >= 0.3 is 0 Å². The Morgan fingerprint density at radius 3 is 2.50 bits per heavy atom. The van der Waals surface area contributed by atoms with E-state index in [0.29, 0.717) is 0 Å². The summed E-state index contributed by atoms with van der Waals surface area (Å²) in [5, 5.41) is 0. The molecule has 0 bridgehead atoms. The van der Waals surface area contributed by atoms with Crippen LogP contribution in [0.4, 0.5) is 0 Å². The summed E-state index contributed by atoms with van der Waals surface area (Å²) in [6.45, 7) is 2.65. The van der Waals surface area contributed by atoms with Gasteiger partial charge in [-0.25, -0.2) is 3.11 Å². The summed E-state index contributed by atoms with van der Waals surface area (Å²) in [4.78, 5) is 0. The van der Waals surface area contributed by atoms with Crippen LogP contribution in [0.2, 0.25) is 0 Å². The highest BCUT2D eigenvalue weighted by Gasteiger charge is 2.48. The van der Waals surface area contributed by atoms with E-state index in [1.807, 2.05) is 0 Å². The van der Waals surface area contributed by atoms with Crippen molar-refractivity contribution in [3.8, 4) is 0 Å². The third-order valence-electron chi connectivity index (χ3n) is 2.60. The van der Waals surface area contributed by atoms with Gasteiger partial charge in [-0.3, -0.25) is 0 Å². The lowest BCUT2D eigenvalue weighted by molar-refractivity contribution is 0.528. The monoisotopic (exact) mass is 363 g/mol. The summed E-state index contributed by atoms with van der Waals surface area (Å²) in [5.74, 6) is 1.00. The van der Waals surface area contributed by atoms with Crippen molar-refractivity contribution < 1.29 is 0 Å². The standard InChI is InChI=1S/C7H11I2N/c8-7(2-3-7)6-1-4-10(9)5-6/h6H,1-5H2. The summed E-state index contributed by atoms with van der Waals surface area (Å²) >= 11 is 5.11. The average molecular weight is 363 g/mol. The van der Waals surface area contributed by atoms with E-state index in [2.05, 4.69) is 48.6 Å². The molecule has 10 heavy (non-hydrogen) atoms. The van der Waals surface area contributed by atoms with Crippen molar-refractivity contribution in [2.24, 2.45) is 5.92 Å². The van der Waals surface area contributed by atoms with Gasteiger partial charge in [-0.1, -0.05) is 22.6 Å². The third kappa shape index (κ3) is 1.46. The van der Waals surface area contributed by atoms with Gasteiger partial charge in [0.1, 0.15) is 0 Å². The molecule has 1 saturated heterocycles. The van der Waals surface area contributed by atoms with Crippen LogP contribution >= 0.6 is 45.5 Å². The molecular formula is C7H11I2N. The number of nitrogens with zero attached hydrogens (tertiary/aromatic N) is 1. The van der Waals surface area contributed by atoms with Crippen molar-refractivity contribution in [1.29, 1.82) is 0 Å². The molecule has 0 spiro atoms. The summed E-state index contributed by atoms with van der Waals surface area (Å²) < 4.78 is 3.17. The molecular weight excluding hydrogens is 352 g/mol. The first-order chi connectivity index (χ1) is 4.71. The van der Waals surface area contributed by atoms with Crippen molar-refractivity contribution in [2.45, 2.75) is 22.7 Å². The van der Waals surface area contributed by atoms with Crippen LogP contribution < -0.4 is 0 Å². The average Bonchev–Trinajstić information content (AvgIpc) is 2.45. The molecule has 1 atom stereocenters. The lowest BCUT2D eigenvalue weighted by Crippen LogP contribution is -2.17. The lowest BCUT2D eigenvalue weighted by atomic mass is 10.0. The smallest absolute Gasteiger partial charge is 0.0264 e. The largest absolute Gasteiger partial charge is 0.247 e. The Labute approximate surface area is 89.6 Å². The van der Waals surface area contributed by atoms with Gasteiger partial charge in [0.05, 0.1) is 0 Å². The molecule has 58 valence electrons. The molecule has 0 aromatic carbocycles. The zero-order valence-corrected chi connectivity index (χ0v) is 10.1. The molecule has 1 nitrogen and oxygen atoms in total. The predicted molar refractivity (Wildman–Crippen MR) is 59.7 cm³/mol. The Hall–Kier alpha value is 1.42. The highest BCUT2D eigenvalue weighted by molar-refractivity contribution is 14.1. The Morgan fingerprint density at radius 2 is 2.10 bits per heavy atom. The number of rotatable bonds is 1. The van der Waals surface area contributed by atoms with Crippen molar-refractivity contribution >= 4 is 45.5 Å². The van der Waals surface area contributed by atoms with Gasteiger partial charge in [-0.05, 0) is 25.2 Å². The van der Waals surface area contributed by atoms with E-state index in [1.54, 1.807) is 0 Å². The Bertz CT molecular complexity index is 145. The van der Waals surface area contributed by atoms with Crippen LogP contribution in [-0.2, 0) is 0 Å². The van der Waals surface area contributed by atoms with Crippen molar-refractivity contribution in [1.82, 2.24) is 3.11 Å². The van der Waals surface area contributed by atoms with Crippen LogP contribution in [0.3, 0.4) is 0 Å². The first kappa shape index (κ1) is 8.04. The Kier molecular flexibility index (Phi) is 2.19. The normalized spacial score (nSPS) is 38.4. The maximum Gasteiger partial charge on any atom is 0.0264 e. The van der Waals surface area contributed by atoms with Crippen LogP contribution in [0.1, 0.15) is 19.3 Å². The van der Waals surface area contributed by atoms with Gasteiger partial charge in [-0.2, -0.15) is 0 Å². The van der Waals surface area contributed by atoms with Gasteiger partial charge in [0, 0.05) is 39.4 Å². The maximum atomic E-state index is 2.67. The first-order valence-electron chi connectivity index (χ1n) is 3.80. The third-order valence-corrected chi connectivity index (χ3v) is 5.43. The van der Waals surface area contributed by atoms with E-state index in [0.717, 1.165) is 9.34 Å². The van der Waals surface area contributed by atoms with Crippen LogP contribution in [0.15, 0.2) is 0 Å². The minimum Gasteiger partial charge on any atom is -0.247 e. The fourth-order valence-electron chi connectivity index (χ4n) is 1.67. The molecule has 2 rings (SSSR count). The second-order valence-corrected chi connectivity index (χ2v) is 6.90. The quantitative estimate of drug-likeness (QED) is 0.394. The summed E-state index contributed by atoms with van der Waals surface area (Å²) in [5.41, 5.74) is 0. The summed E-state index contributed by atoms with van der Waals surface area (Å²) in [6, 6.07) is 0. The number of alkyl halides is 1. The minimum atomic E-state index is 0.734. The van der Waals surface area contributed by atoms with E-state index in [9.17, 15) is 0 Å². The van der Waals surface area contributed by atoms with Crippen LogP contribution in [0, 0.1) is 5.92 Å². The molecule has 1 heterocycles. The van der Waals surface area contributed by atoms with Gasteiger partial charge in [-0.15, -0.1) is 0 Å². The molecule has 0 amide bonds. The van der Waals surface area contributed by atoms with Crippen molar-refractivity contribution in [3.05, 3.63) is 0 Å². The fraction of sp³-hybridized carbons (Fsp3) is 1.00. The predicted octanol–water partition coefficient (Wildman–Crippen LogP) is 2.63. The second-order valence-electron chi connectivity index (χ2n) is 3.39. The van der Waals surface area contributed by atoms with Crippen LogP contribution in [-0.4, -0.2) is 19.6 Å². The van der Waals surface area contributed by atoms with Gasteiger partial charge in [0.2, 0.25) is 0 Å². The van der Waals surface area contributed by atoms with Crippen molar-refractivity contribution in [3.63, 3.8) is 0 Å². The van der Waals surface area contributed by atoms with E-state index >= 15 is 0 Å². The molecule has 1 unspecified atom stereocenters. The zero-order valence-electron chi connectivity index (χ0n) is 5.82. The maximum absolute atomic E-state index is 2.67. The highest BCUT2D eigenvalue weighted by Crippen LogP contribution is 2.53. The minimum absolute atomic E-state index is 0.734. The van der Waals surface area contributed by atoms with Gasteiger partial charge in [0.25, 0.3) is 0 Å². The number of hydrogen-bond acceptors (Lipinski definition) is 1. The Morgan fingerprint density at radius 1 is 1.40 bits per heavy atom. The number of halogens is 2. The van der Waals surface area contributed by atoms with E-state index in [-0.39, 0.29) is 0 Å². The molecule has 0 aromatic heterocycles. The topological polar surface area (TPSA) is 3.24 Å². The first-order valence-corrected chi connectivity index (χ1v) is 5.85. The summed E-state index contributed by atoms with van der Waals surface area (Å²) in [7, 11) is 0. The van der Waals surface area contributed by atoms with Gasteiger partial charge in [0.15, 0.2) is 0 Å². The fourth-order valence-corrected chi connectivity index (χ4v) is 3.20. The zero-order chi connectivity index (χ0) is 7.19. The molecule has 0 radical (unpaired) electrons. The highest BCUT2D eigenvalue weighted by atomic mass is 127. The number of hydrogen-bond donors (Lipinski definition) is 0. The van der Waals surface area contributed by atoms with Crippen LogP contribution in [0.25, 0.3) is 0 Å². The SMILES string of the molecule is IN1CCC(C2(I)CC2)C1. The molecule has 0 aromatic rings. The Balaban J connectivity index is 1.95. The molecule has 2 aliphatic rings.